The number of halogens is 5. The molecule has 4 rings (SSSR count). The van der Waals surface area contributed by atoms with E-state index in [1.165, 1.54) is 55.5 Å². The normalized spacial score (nSPS) is 17.6. The number of hydrogen-bond donors (Lipinski definition) is 2. The summed E-state index contributed by atoms with van der Waals surface area (Å²) < 4.78 is 99.2. The van der Waals surface area contributed by atoms with E-state index in [4.69, 9.17) is 10.5 Å². The highest BCUT2D eigenvalue weighted by molar-refractivity contribution is 7.91. The number of carbonyl (C=O) groups excluding carboxylic acids is 2. The number of benzene rings is 3. The molecule has 0 bridgehead atoms. The fourth-order valence-corrected chi connectivity index (χ4v) is 5.99. The van der Waals surface area contributed by atoms with Gasteiger partial charge in [0, 0.05) is 17.7 Å². The smallest absolute Gasteiger partial charge is 0.416 e. The molecule has 3 atom stereocenters. The predicted octanol–water partition coefficient (Wildman–Crippen LogP) is 5.11. The van der Waals surface area contributed by atoms with Gasteiger partial charge >= 0.3 is 12.8 Å². The van der Waals surface area contributed by atoms with Crippen LogP contribution >= 0.6 is 0 Å². The average molecular weight is 670 g/mol. The topological polar surface area (TPSA) is 128 Å². The molecule has 3 N–H and O–H groups in total. The molecule has 1 saturated heterocycles. The lowest BCUT2D eigenvalue weighted by atomic mass is 10.0. The quantitative estimate of drug-likeness (QED) is 0.242. The van der Waals surface area contributed by atoms with E-state index in [-0.39, 0.29) is 48.0 Å². The third-order valence-corrected chi connectivity index (χ3v) is 9.22. The molecule has 3 aromatic carbocycles. The van der Waals surface area contributed by atoms with Crippen LogP contribution in [0.3, 0.4) is 0 Å². The number of alkyl halides is 5. The van der Waals surface area contributed by atoms with E-state index in [2.05, 4.69) is 10.1 Å². The summed E-state index contributed by atoms with van der Waals surface area (Å²) in [7, 11) is -3.45. The lowest BCUT2D eigenvalue weighted by molar-refractivity contribution is -0.137. The highest BCUT2D eigenvalue weighted by Crippen LogP contribution is 2.33. The maximum atomic E-state index is 13.1. The highest BCUT2D eigenvalue weighted by Gasteiger charge is 2.35. The Labute approximate surface area is 262 Å². The predicted molar refractivity (Wildman–Crippen MR) is 158 cm³/mol. The van der Waals surface area contributed by atoms with Crippen LogP contribution in [0, 0.1) is 0 Å². The molecule has 0 saturated carbocycles. The van der Waals surface area contributed by atoms with Crippen molar-refractivity contribution >= 4 is 27.3 Å². The van der Waals surface area contributed by atoms with Crippen LogP contribution in [0.15, 0.2) is 77.7 Å². The van der Waals surface area contributed by atoms with Crippen molar-refractivity contribution in [1.82, 2.24) is 5.32 Å². The van der Waals surface area contributed by atoms with Crippen LogP contribution in [-0.2, 0) is 25.5 Å². The lowest BCUT2D eigenvalue weighted by Gasteiger charge is -2.26. The van der Waals surface area contributed by atoms with Gasteiger partial charge in [-0.25, -0.2) is 8.42 Å². The first-order valence-electron chi connectivity index (χ1n) is 14.2. The second kappa shape index (κ2) is 14.5. The van der Waals surface area contributed by atoms with Crippen LogP contribution in [-0.4, -0.2) is 57.9 Å². The summed E-state index contributed by atoms with van der Waals surface area (Å²) in [5.74, 6) is -1.14. The molecule has 1 fully saturated rings. The first kappa shape index (κ1) is 34.6. The standard InChI is InChI=1S/C31H32F5N3O6S/c1-2-46(42,43)26-13-5-19(6-14-26)27(16-28(37)40)38-29(41)20-3-9-22(10-4-20)39-17-25(15-23(39)18-44-30(32)33)45-24-11-7-21(8-12-24)31(34,35)36/h3-14,23,25,27,30H,2,15-18H2,1H3,(H2,37,40)(H,38,41)/t23-,25-,27-/m0/s1. The van der Waals surface area contributed by atoms with Gasteiger partial charge in [0.1, 0.15) is 11.9 Å². The van der Waals surface area contributed by atoms with Gasteiger partial charge < -0.3 is 25.4 Å². The number of amides is 2. The molecule has 0 aliphatic carbocycles. The number of nitrogens with two attached hydrogens (primary N) is 1. The number of carbonyl (C=O) groups is 2. The van der Waals surface area contributed by atoms with Crippen molar-refractivity contribution in [3.63, 3.8) is 0 Å². The van der Waals surface area contributed by atoms with Crippen LogP contribution in [0.1, 0.15) is 47.3 Å². The monoisotopic (exact) mass is 669 g/mol. The minimum atomic E-state index is -4.50. The van der Waals surface area contributed by atoms with Crippen LogP contribution in [0.4, 0.5) is 27.6 Å². The van der Waals surface area contributed by atoms with Crippen LogP contribution in [0.5, 0.6) is 5.75 Å². The summed E-state index contributed by atoms with van der Waals surface area (Å²) in [6.45, 7) is -1.64. The third-order valence-electron chi connectivity index (χ3n) is 7.47. The minimum Gasteiger partial charge on any atom is -0.489 e. The number of sulfone groups is 1. The van der Waals surface area contributed by atoms with Crippen LogP contribution in [0.25, 0.3) is 0 Å². The Balaban J connectivity index is 1.47. The van der Waals surface area contributed by atoms with Gasteiger partial charge in [-0.2, -0.15) is 22.0 Å². The van der Waals surface area contributed by atoms with Gasteiger partial charge in [0.15, 0.2) is 9.84 Å². The van der Waals surface area contributed by atoms with E-state index in [1.807, 2.05) is 0 Å². The summed E-state index contributed by atoms with van der Waals surface area (Å²) in [6, 6.07) is 14.7. The minimum absolute atomic E-state index is 0.0892. The van der Waals surface area contributed by atoms with Gasteiger partial charge in [-0.05, 0) is 66.2 Å². The number of hydrogen-bond acceptors (Lipinski definition) is 7. The molecule has 0 radical (unpaired) electrons. The maximum Gasteiger partial charge on any atom is 0.416 e. The number of rotatable bonds is 13. The number of primary amides is 1. The molecule has 2 amide bonds. The number of ether oxygens (including phenoxy) is 2. The molecular formula is C31H32F5N3O6S. The molecule has 15 heteroatoms. The van der Waals surface area contributed by atoms with Crippen molar-refractivity contribution in [3.8, 4) is 5.75 Å². The fraction of sp³-hybridized carbons (Fsp3) is 0.355. The molecule has 0 aromatic heterocycles. The average Bonchev–Trinajstić information content (AvgIpc) is 3.41. The van der Waals surface area contributed by atoms with E-state index in [0.717, 1.165) is 12.1 Å². The van der Waals surface area contributed by atoms with Crippen LogP contribution in [0.2, 0.25) is 0 Å². The zero-order valence-electron chi connectivity index (χ0n) is 24.5. The van der Waals surface area contributed by atoms with Gasteiger partial charge in [-0.3, -0.25) is 9.59 Å². The van der Waals surface area contributed by atoms with Crippen molar-refractivity contribution in [2.45, 2.75) is 55.6 Å². The zero-order chi connectivity index (χ0) is 33.6. The van der Waals surface area contributed by atoms with Crippen molar-refractivity contribution in [2.75, 3.05) is 23.8 Å². The van der Waals surface area contributed by atoms with Crippen molar-refractivity contribution in [1.29, 1.82) is 0 Å². The number of nitrogens with one attached hydrogen (secondary N) is 1. The molecule has 46 heavy (non-hydrogen) atoms. The fourth-order valence-electron chi connectivity index (χ4n) is 5.11. The first-order valence-corrected chi connectivity index (χ1v) is 15.8. The summed E-state index contributed by atoms with van der Waals surface area (Å²) in [4.78, 5) is 26.7. The summed E-state index contributed by atoms with van der Waals surface area (Å²) in [5, 5.41) is 2.73. The largest absolute Gasteiger partial charge is 0.489 e. The Kier molecular flexibility index (Phi) is 10.9. The van der Waals surface area contributed by atoms with Crippen molar-refractivity contribution in [3.05, 3.63) is 89.5 Å². The molecule has 9 nitrogen and oxygen atoms in total. The van der Waals surface area contributed by atoms with Crippen molar-refractivity contribution in [2.24, 2.45) is 5.73 Å². The Morgan fingerprint density at radius 1 is 1.00 bits per heavy atom. The Hall–Kier alpha value is -4.24. The Bertz CT molecular complexity index is 1600. The van der Waals surface area contributed by atoms with Gasteiger partial charge in [0.05, 0.1) is 47.9 Å². The van der Waals surface area contributed by atoms with Gasteiger partial charge in [-0.15, -0.1) is 0 Å². The Morgan fingerprint density at radius 2 is 1.63 bits per heavy atom. The molecule has 1 heterocycles. The SMILES string of the molecule is CCS(=O)(=O)c1ccc([C@H](CC(N)=O)NC(=O)c2ccc(N3C[C@@H](Oc4ccc(C(F)(F)F)cc4)C[C@H]3COC(F)F)cc2)cc1. The molecule has 0 unspecified atom stereocenters. The number of anilines is 1. The summed E-state index contributed by atoms with van der Waals surface area (Å²) in [6.07, 6.45) is -5.07. The number of nitrogens with zero attached hydrogens (tertiary/aromatic N) is 1. The van der Waals surface area contributed by atoms with E-state index < -0.39 is 58.2 Å². The molecule has 3 aromatic rings. The molecule has 1 aliphatic heterocycles. The maximum absolute atomic E-state index is 13.1. The second-order valence-corrected chi connectivity index (χ2v) is 12.9. The van der Waals surface area contributed by atoms with Crippen LogP contribution < -0.4 is 20.7 Å². The zero-order valence-corrected chi connectivity index (χ0v) is 25.4. The van der Waals surface area contributed by atoms with E-state index in [1.54, 1.807) is 17.0 Å². The van der Waals surface area contributed by atoms with E-state index in [9.17, 15) is 40.0 Å². The lowest BCUT2D eigenvalue weighted by Crippen LogP contribution is -2.34. The third kappa shape index (κ3) is 8.94. The first-order chi connectivity index (χ1) is 21.7. The summed E-state index contributed by atoms with van der Waals surface area (Å²) >= 11 is 0. The van der Waals surface area contributed by atoms with E-state index in [0.29, 0.717) is 11.3 Å². The van der Waals surface area contributed by atoms with Gasteiger partial charge in [0.25, 0.3) is 5.91 Å². The second-order valence-electron chi connectivity index (χ2n) is 10.6. The Morgan fingerprint density at radius 3 is 2.17 bits per heavy atom. The molecular weight excluding hydrogens is 637 g/mol. The summed E-state index contributed by atoms with van der Waals surface area (Å²) in [5.41, 5.74) is 5.79. The van der Waals surface area contributed by atoms with E-state index >= 15 is 0 Å². The molecule has 1 aliphatic rings. The highest BCUT2D eigenvalue weighted by atomic mass is 32.2. The molecule has 0 spiro atoms. The van der Waals surface area contributed by atoms with Crippen molar-refractivity contribution < 1.29 is 49.4 Å². The molecule has 248 valence electrons. The van der Waals surface area contributed by atoms with Gasteiger partial charge in [-0.1, -0.05) is 19.1 Å². The van der Waals surface area contributed by atoms with Gasteiger partial charge in [0.2, 0.25) is 5.91 Å².